The lowest BCUT2D eigenvalue weighted by Gasteiger charge is -2.03. The Bertz CT molecular complexity index is 805. The number of thiazole rings is 1. The predicted molar refractivity (Wildman–Crippen MR) is 84.3 cm³/mol. The lowest BCUT2D eigenvalue weighted by Crippen LogP contribution is -2.13. The number of nitro benzene ring substituents is 1. The van der Waals surface area contributed by atoms with Crippen molar-refractivity contribution >= 4 is 45.6 Å². The Balaban J connectivity index is 2.31. The number of nitrogens with zero attached hydrogens (tertiary/aromatic N) is 2. The van der Waals surface area contributed by atoms with Crippen LogP contribution in [-0.2, 0) is 4.74 Å². The summed E-state index contributed by atoms with van der Waals surface area (Å²) in [5.74, 6) is -1.32. The van der Waals surface area contributed by atoms with E-state index >= 15 is 0 Å². The van der Waals surface area contributed by atoms with Gasteiger partial charge < -0.3 is 4.74 Å². The van der Waals surface area contributed by atoms with Gasteiger partial charge in [-0.15, -0.1) is 0 Å². The van der Waals surface area contributed by atoms with E-state index in [0.717, 1.165) is 17.4 Å². The Labute approximate surface area is 139 Å². The van der Waals surface area contributed by atoms with Gasteiger partial charge in [0.1, 0.15) is 10.4 Å². The van der Waals surface area contributed by atoms with Crippen molar-refractivity contribution in [2.75, 3.05) is 12.4 Å². The summed E-state index contributed by atoms with van der Waals surface area (Å²) >= 11 is 6.69. The first-order valence-corrected chi connectivity index (χ1v) is 7.34. The van der Waals surface area contributed by atoms with E-state index in [1.807, 2.05) is 0 Å². The number of carbonyl (C=O) groups is 2. The molecule has 0 bridgehead atoms. The number of aromatic nitrogens is 1. The van der Waals surface area contributed by atoms with Crippen molar-refractivity contribution in [1.82, 2.24) is 4.98 Å². The van der Waals surface area contributed by atoms with Gasteiger partial charge in [-0.3, -0.25) is 20.2 Å². The Morgan fingerprint density at radius 2 is 2.13 bits per heavy atom. The summed E-state index contributed by atoms with van der Waals surface area (Å²) in [4.78, 5) is 38.3. The molecule has 10 heteroatoms. The van der Waals surface area contributed by atoms with Crippen molar-refractivity contribution in [2.45, 2.75) is 6.92 Å². The number of amides is 1. The number of nitrogens with one attached hydrogen (secondary N) is 1. The van der Waals surface area contributed by atoms with E-state index < -0.39 is 16.8 Å². The first kappa shape index (κ1) is 16.8. The highest BCUT2D eigenvalue weighted by Gasteiger charge is 2.23. The van der Waals surface area contributed by atoms with Crippen LogP contribution in [0.3, 0.4) is 0 Å². The summed E-state index contributed by atoms with van der Waals surface area (Å²) in [5.41, 5.74) is -0.193. The van der Waals surface area contributed by atoms with Crippen LogP contribution in [0.5, 0.6) is 0 Å². The fourth-order valence-corrected chi connectivity index (χ4v) is 2.80. The number of ether oxygens (including phenoxy) is 1. The summed E-state index contributed by atoms with van der Waals surface area (Å²) in [6.07, 6.45) is 0. The number of rotatable bonds is 4. The molecule has 0 aliphatic carbocycles. The molecular weight excluding hydrogens is 346 g/mol. The topological polar surface area (TPSA) is 111 Å². The maximum absolute atomic E-state index is 12.2. The first-order chi connectivity index (χ1) is 10.8. The molecule has 0 saturated heterocycles. The maximum atomic E-state index is 12.2. The van der Waals surface area contributed by atoms with E-state index in [2.05, 4.69) is 15.0 Å². The molecule has 23 heavy (non-hydrogen) atoms. The Morgan fingerprint density at radius 3 is 2.74 bits per heavy atom. The monoisotopic (exact) mass is 355 g/mol. The number of aryl methyl sites for hydroxylation is 1. The molecule has 0 aliphatic heterocycles. The van der Waals surface area contributed by atoms with Crippen LogP contribution >= 0.6 is 22.9 Å². The van der Waals surface area contributed by atoms with Gasteiger partial charge in [0.25, 0.3) is 11.6 Å². The molecule has 0 fully saturated rings. The van der Waals surface area contributed by atoms with Gasteiger partial charge in [0, 0.05) is 11.1 Å². The Hall–Kier alpha value is -2.52. The lowest BCUT2D eigenvalue weighted by atomic mass is 10.1. The summed E-state index contributed by atoms with van der Waals surface area (Å²) in [7, 11) is 1.23. The second kappa shape index (κ2) is 6.71. The van der Waals surface area contributed by atoms with Crippen molar-refractivity contribution in [2.24, 2.45) is 0 Å². The second-order valence-corrected chi connectivity index (χ2v) is 5.73. The quantitative estimate of drug-likeness (QED) is 0.512. The normalized spacial score (nSPS) is 10.2. The average Bonchev–Trinajstić information content (AvgIpc) is 2.86. The molecule has 1 aromatic carbocycles. The van der Waals surface area contributed by atoms with E-state index in [9.17, 15) is 19.7 Å². The molecule has 120 valence electrons. The molecule has 2 aromatic rings. The smallest absolute Gasteiger partial charge is 0.350 e. The van der Waals surface area contributed by atoms with E-state index in [0.29, 0.717) is 5.69 Å². The Kier molecular flexibility index (Phi) is 4.92. The molecule has 1 aromatic heterocycles. The zero-order chi connectivity index (χ0) is 17.1. The SMILES string of the molecule is COC(=O)c1sc(NC(=O)c2cc(Cl)ccc2[N+](=O)[O-])nc1C. The minimum atomic E-state index is -0.746. The molecular formula is C13H10ClN3O5S. The first-order valence-electron chi connectivity index (χ1n) is 6.14. The van der Waals surface area contributed by atoms with Crippen LogP contribution in [0.15, 0.2) is 18.2 Å². The number of carbonyl (C=O) groups excluding carboxylic acids is 2. The third-order valence-electron chi connectivity index (χ3n) is 2.79. The summed E-state index contributed by atoms with van der Waals surface area (Å²) in [6.45, 7) is 1.58. The number of methoxy groups -OCH3 is 1. The van der Waals surface area contributed by atoms with Crippen molar-refractivity contribution in [1.29, 1.82) is 0 Å². The van der Waals surface area contributed by atoms with Gasteiger partial charge in [0.15, 0.2) is 5.13 Å². The van der Waals surface area contributed by atoms with Gasteiger partial charge >= 0.3 is 5.97 Å². The summed E-state index contributed by atoms with van der Waals surface area (Å²) in [5, 5.41) is 13.7. The van der Waals surface area contributed by atoms with Gasteiger partial charge in [-0.25, -0.2) is 9.78 Å². The fourth-order valence-electron chi connectivity index (χ4n) is 1.75. The van der Waals surface area contributed by atoms with Crippen LogP contribution < -0.4 is 5.32 Å². The number of benzene rings is 1. The molecule has 2 rings (SSSR count). The number of halogens is 1. The molecule has 0 atom stereocenters. The number of hydrogen-bond acceptors (Lipinski definition) is 7. The molecule has 0 aliphatic rings. The van der Waals surface area contributed by atoms with E-state index in [4.69, 9.17) is 11.6 Å². The molecule has 0 radical (unpaired) electrons. The van der Waals surface area contributed by atoms with Crippen LogP contribution in [0.2, 0.25) is 5.02 Å². The predicted octanol–water partition coefficient (Wildman–Crippen LogP) is 3.05. The second-order valence-electron chi connectivity index (χ2n) is 4.30. The summed E-state index contributed by atoms with van der Waals surface area (Å²) < 4.78 is 4.60. The van der Waals surface area contributed by atoms with E-state index in [1.165, 1.54) is 19.2 Å². The van der Waals surface area contributed by atoms with Crippen molar-refractivity contribution in [3.05, 3.63) is 49.5 Å². The minimum Gasteiger partial charge on any atom is -0.465 e. The third-order valence-corrected chi connectivity index (χ3v) is 4.08. The highest BCUT2D eigenvalue weighted by molar-refractivity contribution is 7.17. The zero-order valence-electron chi connectivity index (χ0n) is 12.0. The largest absolute Gasteiger partial charge is 0.465 e. The highest BCUT2D eigenvalue weighted by atomic mass is 35.5. The molecule has 8 nitrogen and oxygen atoms in total. The minimum absolute atomic E-state index is 0.127. The number of nitro groups is 1. The number of anilines is 1. The average molecular weight is 356 g/mol. The van der Waals surface area contributed by atoms with Crippen molar-refractivity contribution < 1.29 is 19.2 Å². The van der Waals surface area contributed by atoms with Crippen LogP contribution in [0.1, 0.15) is 25.7 Å². The lowest BCUT2D eigenvalue weighted by molar-refractivity contribution is -0.385. The molecule has 0 spiro atoms. The van der Waals surface area contributed by atoms with Crippen LogP contribution in [0, 0.1) is 17.0 Å². The maximum Gasteiger partial charge on any atom is 0.350 e. The third kappa shape index (κ3) is 3.63. The number of esters is 1. The number of hydrogen-bond donors (Lipinski definition) is 1. The molecule has 1 N–H and O–H groups in total. The van der Waals surface area contributed by atoms with Crippen LogP contribution in [-0.4, -0.2) is 28.9 Å². The highest BCUT2D eigenvalue weighted by Crippen LogP contribution is 2.27. The Morgan fingerprint density at radius 1 is 1.43 bits per heavy atom. The van der Waals surface area contributed by atoms with Gasteiger partial charge in [0.2, 0.25) is 0 Å². The summed E-state index contributed by atoms with van der Waals surface area (Å²) in [6, 6.07) is 3.65. The molecule has 0 saturated carbocycles. The van der Waals surface area contributed by atoms with Gasteiger partial charge in [-0.05, 0) is 19.1 Å². The van der Waals surface area contributed by atoms with Crippen molar-refractivity contribution in [3.63, 3.8) is 0 Å². The van der Waals surface area contributed by atoms with Gasteiger partial charge in [-0.2, -0.15) is 0 Å². The molecule has 1 amide bonds. The molecule has 0 unspecified atom stereocenters. The fraction of sp³-hybridized carbons (Fsp3) is 0.154. The van der Waals surface area contributed by atoms with Crippen LogP contribution in [0.25, 0.3) is 0 Å². The van der Waals surface area contributed by atoms with Crippen molar-refractivity contribution in [3.8, 4) is 0 Å². The van der Waals surface area contributed by atoms with E-state index in [1.54, 1.807) is 6.92 Å². The zero-order valence-corrected chi connectivity index (χ0v) is 13.5. The molecule has 1 heterocycles. The van der Waals surface area contributed by atoms with Crippen LogP contribution in [0.4, 0.5) is 10.8 Å². The standard InChI is InChI=1S/C13H10ClN3O5S/c1-6-10(12(19)22-2)23-13(15-6)16-11(18)8-5-7(14)3-4-9(8)17(20)21/h3-5H,1-2H3,(H,15,16,18). The van der Waals surface area contributed by atoms with E-state index in [-0.39, 0.29) is 26.3 Å². The van der Waals surface area contributed by atoms with Gasteiger partial charge in [-0.1, -0.05) is 22.9 Å². The van der Waals surface area contributed by atoms with Gasteiger partial charge in [0.05, 0.1) is 17.7 Å².